The van der Waals surface area contributed by atoms with Gasteiger partial charge in [-0.25, -0.2) is 4.79 Å². The molecule has 0 spiro atoms. The van der Waals surface area contributed by atoms with Gasteiger partial charge in [0.15, 0.2) is 0 Å². The molecule has 0 fully saturated rings. The van der Waals surface area contributed by atoms with E-state index in [-0.39, 0.29) is 10.7 Å². The molecule has 108 valence electrons. The highest BCUT2D eigenvalue weighted by Gasteiger charge is 2.27. The van der Waals surface area contributed by atoms with Crippen LogP contribution >= 0.6 is 11.8 Å². The van der Waals surface area contributed by atoms with E-state index in [0.29, 0.717) is 11.3 Å². The Bertz CT molecular complexity index is 991. The molecule has 0 unspecified atom stereocenters. The van der Waals surface area contributed by atoms with Crippen LogP contribution < -0.4 is 4.74 Å². The van der Waals surface area contributed by atoms with Crippen molar-refractivity contribution in [3.63, 3.8) is 0 Å². The van der Waals surface area contributed by atoms with Crippen LogP contribution in [0.1, 0.15) is 20.7 Å². The summed E-state index contributed by atoms with van der Waals surface area (Å²) in [5.41, 5.74) is 0.867. The Morgan fingerprint density at radius 2 is 1.95 bits per heavy atom. The van der Waals surface area contributed by atoms with E-state index in [0.717, 1.165) is 38.2 Å². The van der Waals surface area contributed by atoms with Gasteiger partial charge >= 0.3 is 5.97 Å². The number of rotatable bonds is 2. The molecule has 4 nitrogen and oxygen atoms in total. The number of carbonyl (C=O) groups excluding carboxylic acids is 1. The van der Waals surface area contributed by atoms with Crippen LogP contribution in [0.3, 0.4) is 0 Å². The van der Waals surface area contributed by atoms with Gasteiger partial charge in [0.05, 0.1) is 12.7 Å². The molecular formula is C17H10O4S. The van der Waals surface area contributed by atoms with Crippen molar-refractivity contribution in [2.24, 2.45) is 0 Å². The maximum absolute atomic E-state index is 12.2. The SMILES string of the molecule is COc1ccc2c3c(c4cc(C(=O)O)ccc4cc13)SC2=O. The largest absolute Gasteiger partial charge is 0.496 e. The molecule has 0 saturated heterocycles. The second-order valence-electron chi connectivity index (χ2n) is 5.07. The van der Waals surface area contributed by atoms with Crippen LogP contribution in [0.15, 0.2) is 41.3 Å². The number of carbonyl (C=O) groups is 2. The molecular weight excluding hydrogens is 300 g/mol. The van der Waals surface area contributed by atoms with Crippen molar-refractivity contribution in [1.29, 1.82) is 0 Å². The lowest BCUT2D eigenvalue weighted by Crippen LogP contribution is -1.96. The number of hydrogen-bond donors (Lipinski definition) is 1. The zero-order chi connectivity index (χ0) is 15.4. The maximum atomic E-state index is 12.2. The van der Waals surface area contributed by atoms with Gasteiger partial charge in [0.25, 0.3) is 0 Å². The third kappa shape index (κ3) is 1.66. The number of benzene rings is 3. The molecule has 1 heterocycles. The first kappa shape index (κ1) is 13.2. The zero-order valence-corrected chi connectivity index (χ0v) is 12.4. The van der Waals surface area contributed by atoms with E-state index >= 15 is 0 Å². The van der Waals surface area contributed by atoms with E-state index in [1.807, 2.05) is 6.07 Å². The number of fused-ring (bicyclic) bond motifs is 2. The highest BCUT2D eigenvalue weighted by molar-refractivity contribution is 8.15. The molecule has 0 aromatic heterocycles. The first-order chi connectivity index (χ1) is 10.6. The summed E-state index contributed by atoms with van der Waals surface area (Å²) >= 11 is 1.15. The van der Waals surface area contributed by atoms with Gasteiger partial charge < -0.3 is 9.84 Å². The van der Waals surface area contributed by atoms with Crippen LogP contribution in [-0.4, -0.2) is 23.3 Å². The van der Waals surface area contributed by atoms with Crippen molar-refractivity contribution < 1.29 is 19.4 Å². The number of methoxy groups -OCH3 is 1. The van der Waals surface area contributed by atoms with Crippen LogP contribution in [0.2, 0.25) is 0 Å². The maximum Gasteiger partial charge on any atom is 0.335 e. The van der Waals surface area contributed by atoms with Crippen molar-refractivity contribution in [3.8, 4) is 5.75 Å². The van der Waals surface area contributed by atoms with Crippen molar-refractivity contribution in [3.05, 3.63) is 47.5 Å². The van der Waals surface area contributed by atoms with Crippen LogP contribution in [0.25, 0.3) is 21.5 Å². The van der Waals surface area contributed by atoms with Crippen molar-refractivity contribution >= 4 is 44.4 Å². The molecule has 0 saturated carbocycles. The minimum absolute atomic E-state index is 0.0177. The first-order valence-electron chi connectivity index (χ1n) is 6.63. The smallest absolute Gasteiger partial charge is 0.335 e. The average Bonchev–Trinajstić information content (AvgIpc) is 2.86. The van der Waals surface area contributed by atoms with Gasteiger partial charge in [0, 0.05) is 21.2 Å². The Morgan fingerprint density at radius 3 is 2.68 bits per heavy atom. The highest BCUT2D eigenvalue weighted by Crippen LogP contribution is 2.47. The number of ether oxygens (including phenoxy) is 1. The molecule has 0 atom stereocenters. The third-order valence-corrected chi connectivity index (χ3v) is 4.95. The standard InChI is InChI=1S/C17H10O4S/c1-21-13-5-4-10-14-12(13)6-8-2-3-9(16(18)19)7-11(8)15(14)22-17(10)20/h2-7H,1H3,(H,18,19). The number of hydrogen-bond acceptors (Lipinski definition) is 4. The molecule has 3 aromatic carbocycles. The summed E-state index contributed by atoms with van der Waals surface area (Å²) in [7, 11) is 1.60. The lowest BCUT2D eigenvalue weighted by atomic mass is 9.98. The number of carboxylic acids is 1. The van der Waals surface area contributed by atoms with Crippen LogP contribution in [0.4, 0.5) is 0 Å². The minimum Gasteiger partial charge on any atom is -0.496 e. The van der Waals surface area contributed by atoms with E-state index in [4.69, 9.17) is 4.74 Å². The van der Waals surface area contributed by atoms with E-state index < -0.39 is 5.97 Å². The summed E-state index contributed by atoms with van der Waals surface area (Å²) in [5.74, 6) is -0.270. The molecule has 1 aliphatic heterocycles. The minimum atomic E-state index is -0.977. The Kier molecular flexibility index (Phi) is 2.68. The van der Waals surface area contributed by atoms with E-state index in [1.165, 1.54) is 0 Å². The predicted octanol–water partition coefficient (Wildman–Crippen LogP) is 3.95. The van der Waals surface area contributed by atoms with E-state index in [2.05, 4.69) is 0 Å². The van der Waals surface area contributed by atoms with Gasteiger partial charge in [-0.1, -0.05) is 6.07 Å². The highest BCUT2D eigenvalue weighted by atomic mass is 32.2. The fraction of sp³-hybridized carbons (Fsp3) is 0.0588. The van der Waals surface area contributed by atoms with Crippen molar-refractivity contribution in [2.45, 2.75) is 4.90 Å². The van der Waals surface area contributed by atoms with Gasteiger partial charge in [0.1, 0.15) is 5.75 Å². The van der Waals surface area contributed by atoms with Gasteiger partial charge in [0.2, 0.25) is 5.12 Å². The third-order valence-electron chi connectivity index (χ3n) is 3.91. The van der Waals surface area contributed by atoms with Crippen molar-refractivity contribution in [1.82, 2.24) is 0 Å². The quantitative estimate of drug-likeness (QED) is 0.726. The molecule has 0 radical (unpaired) electrons. The topological polar surface area (TPSA) is 63.6 Å². The summed E-state index contributed by atoms with van der Waals surface area (Å²) < 4.78 is 5.40. The molecule has 22 heavy (non-hydrogen) atoms. The van der Waals surface area contributed by atoms with Gasteiger partial charge in [-0.05, 0) is 52.9 Å². The van der Waals surface area contributed by atoms with Crippen LogP contribution in [0.5, 0.6) is 5.75 Å². The summed E-state index contributed by atoms with van der Waals surface area (Å²) in [6.45, 7) is 0. The zero-order valence-electron chi connectivity index (χ0n) is 11.5. The summed E-state index contributed by atoms with van der Waals surface area (Å²) in [5, 5.41) is 12.6. The normalized spacial score (nSPS) is 13.0. The number of carboxylic acid groups (broad SMARTS) is 1. The first-order valence-corrected chi connectivity index (χ1v) is 7.45. The Labute approximate surface area is 129 Å². The molecule has 4 rings (SSSR count). The van der Waals surface area contributed by atoms with Gasteiger partial charge in [-0.3, -0.25) is 4.79 Å². The fourth-order valence-corrected chi connectivity index (χ4v) is 3.97. The molecule has 0 amide bonds. The predicted molar refractivity (Wildman–Crippen MR) is 85.2 cm³/mol. The summed E-state index contributed by atoms with van der Waals surface area (Å²) in [4.78, 5) is 24.2. The summed E-state index contributed by atoms with van der Waals surface area (Å²) in [6.07, 6.45) is 0. The Balaban J connectivity index is 2.20. The lowest BCUT2D eigenvalue weighted by molar-refractivity contribution is 0.0697. The van der Waals surface area contributed by atoms with Gasteiger partial charge in [-0.2, -0.15) is 0 Å². The second-order valence-corrected chi connectivity index (χ2v) is 6.06. The molecule has 1 N–H and O–H groups in total. The van der Waals surface area contributed by atoms with Crippen molar-refractivity contribution in [2.75, 3.05) is 7.11 Å². The summed E-state index contributed by atoms with van der Waals surface area (Å²) in [6, 6.07) is 10.5. The molecule has 1 aliphatic rings. The number of thioether (sulfide) groups is 1. The average molecular weight is 310 g/mol. The lowest BCUT2D eigenvalue weighted by Gasteiger charge is -2.10. The molecule has 5 heteroatoms. The second kappa shape index (κ2) is 4.48. The van der Waals surface area contributed by atoms with E-state index in [9.17, 15) is 14.7 Å². The number of aromatic carboxylic acids is 1. The molecule has 3 aromatic rings. The van der Waals surface area contributed by atoms with Crippen LogP contribution in [-0.2, 0) is 0 Å². The van der Waals surface area contributed by atoms with Crippen LogP contribution in [0, 0.1) is 0 Å². The van der Waals surface area contributed by atoms with Gasteiger partial charge in [-0.15, -0.1) is 0 Å². The monoisotopic (exact) mass is 310 g/mol. The van der Waals surface area contributed by atoms with E-state index in [1.54, 1.807) is 37.4 Å². The molecule has 0 aliphatic carbocycles. The fourth-order valence-electron chi connectivity index (χ4n) is 2.89. The Morgan fingerprint density at radius 1 is 1.14 bits per heavy atom. The Hall–Kier alpha value is -2.53. The molecule has 0 bridgehead atoms.